The van der Waals surface area contributed by atoms with Crippen molar-refractivity contribution in [2.45, 2.75) is 301 Å². The molecule has 12 aliphatic rings. The number of aliphatic hydroxyl groups is 19. The first-order valence-electron chi connectivity index (χ1n) is 34.3. The maximum Gasteiger partial charge on any atom is 0.187 e. The molecule has 12 rings (SSSR count). The van der Waals surface area contributed by atoms with Gasteiger partial charge in [-0.3, -0.25) is 0 Å². The Bertz CT molecular complexity index is 2540. The molecule has 0 aromatic rings. The Labute approximate surface area is 554 Å². The number of rotatable bonds is 17. The number of fused-ring (bicyclic) bond motifs is 7. The average molecular weight is 1390 g/mol. The molecule has 8 saturated heterocycles. The van der Waals surface area contributed by atoms with Crippen LogP contribution in [0, 0.1) is 52.3 Å². The van der Waals surface area contributed by atoms with Crippen molar-refractivity contribution in [2.75, 3.05) is 39.6 Å². The molecule has 4 saturated carbocycles. The smallest absolute Gasteiger partial charge is 0.187 e. The second-order valence-electron chi connectivity index (χ2n) is 30.1. The van der Waals surface area contributed by atoms with Crippen LogP contribution < -0.4 is 0 Å². The van der Waals surface area contributed by atoms with Crippen LogP contribution in [-0.2, 0) is 66.3 Å². The predicted octanol–water partition coefficient (Wildman–Crippen LogP) is -7.26. The van der Waals surface area contributed by atoms with Crippen LogP contribution in [-0.4, -0.2) is 345 Å². The highest BCUT2D eigenvalue weighted by molar-refractivity contribution is 5.17. The topological polar surface area (TPSA) is 514 Å². The van der Waals surface area contributed by atoms with Crippen LogP contribution in [0.1, 0.15) is 92.4 Å². The first kappa shape index (κ1) is 74.4. The van der Waals surface area contributed by atoms with E-state index in [2.05, 4.69) is 27.7 Å². The summed E-state index contributed by atoms with van der Waals surface area (Å²) in [5, 5.41) is 212. The van der Waals surface area contributed by atoms with Crippen LogP contribution in [0.5, 0.6) is 0 Å². The number of hydrogen-bond donors (Lipinski definition) is 19. The van der Waals surface area contributed by atoms with E-state index in [4.69, 9.17) is 66.3 Å². The number of aliphatic hydroxyl groups excluding tert-OH is 19. The van der Waals surface area contributed by atoms with Gasteiger partial charge in [0.1, 0.15) is 140 Å². The monoisotopic (exact) mass is 1390 g/mol. The van der Waals surface area contributed by atoms with Crippen LogP contribution in [0.25, 0.3) is 0 Å². The maximum atomic E-state index is 12.3. The minimum Gasteiger partial charge on any atom is -0.394 e. The molecule has 19 N–H and O–H groups in total. The van der Waals surface area contributed by atoms with Gasteiger partial charge in [-0.25, -0.2) is 0 Å². The van der Waals surface area contributed by atoms with Crippen molar-refractivity contribution in [3.05, 3.63) is 0 Å². The quantitative estimate of drug-likeness (QED) is 0.0602. The molecule has 0 unspecified atom stereocenters. The number of ether oxygens (including phenoxy) is 14. The molecule has 4 aliphatic carbocycles. The van der Waals surface area contributed by atoms with E-state index in [-0.39, 0.29) is 34.7 Å². The van der Waals surface area contributed by atoms with Crippen molar-refractivity contribution in [2.24, 2.45) is 52.3 Å². The van der Waals surface area contributed by atoms with Crippen LogP contribution in [0.3, 0.4) is 0 Å². The first-order valence-corrected chi connectivity index (χ1v) is 34.3. The normalized spacial score (nSPS) is 57.6. The molecule has 0 bridgehead atoms. The van der Waals surface area contributed by atoms with Crippen LogP contribution in [0.4, 0.5) is 0 Å². The van der Waals surface area contributed by atoms with Crippen molar-refractivity contribution < 1.29 is 163 Å². The Morgan fingerprint density at radius 1 is 0.375 bits per heavy atom. The van der Waals surface area contributed by atoms with Crippen LogP contribution in [0.2, 0.25) is 0 Å². The molecule has 1 spiro atoms. The van der Waals surface area contributed by atoms with E-state index in [1.807, 2.05) is 0 Å². The van der Waals surface area contributed by atoms with Gasteiger partial charge in [-0.1, -0.05) is 27.7 Å². The van der Waals surface area contributed by atoms with Crippen molar-refractivity contribution in [3.8, 4) is 0 Å². The van der Waals surface area contributed by atoms with Gasteiger partial charge < -0.3 is 163 Å². The molecule has 43 atom stereocenters. The van der Waals surface area contributed by atoms with E-state index >= 15 is 0 Å². The lowest BCUT2D eigenvalue weighted by atomic mass is 9.43. The zero-order valence-electron chi connectivity index (χ0n) is 54.4. The molecular formula is C63H104O33. The second-order valence-corrected chi connectivity index (χ2v) is 30.1. The van der Waals surface area contributed by atoms with Crippen molar-refractivity contribution in [1.29, 1.82) is 0 Å². The maximum absolute atomic E-state index is 12.3. The van der Waals surface area contributed by atoms with Crippen LogP contribution in [0.15, 0.2) is 0 Å². The SMILES string of the molecule is C[C@@H]1CC[C@@]2(OC1)O[C@H]1C[C@H]3[C@@H]4C[C@H](O)[C@H]5C[C@@H](O[C@@H]6O[C@H](CO)[C@H](O[C@@H]7O[C@H](CO)[C@@H](O)[C@H](O[C@@H]8O[C@H](CO)[C@@H](O[C@@H]9O[C@@H](C)[C@H](O)[C@@H](O)[C@H]9O)[C@H](O)[C@H]8O)[C@H]7O[C@@H]7O[C@H](CO)[C@@H](O)[C@H](O[C@@H]8O[C@H](CO)[C@@H](O)[C@H](O)[C@H]8O)[C@H]7O)[C@H](O)[C@H]6O)CC[C@]5(C)[C@H]4CC[C@]3(C)[C@H]1[C@@H]2C. The molecule has 12 fully saturated rings. The van der Waals surface area contributed by atoms with Crippen LogP contribution >= 0.6 is 0 Å². The minimum atomic E-state index is -2.29. The van der Waals surface area contributed by atoms with Crippen molar-refractivity contribution >= 4 is 0 Å². The summed E-state index contributed by atoms with van der Waals surface area (Å²) < 4.78 is 85.5. The lowest BCUT2D eigenvalue weighted by Crippen LogP contribution is -2.69. The first-order chi connectivity index (χ1) is 45.6. The minimum absolute atomic E-state index is 0.0169. The third-order valence-corrected chi connectivity index (χ3v) is 24.6. The van der Waals surface area contributed by atoms with Crippen molar-refractivity contribution in [3.63, 3.8) is 0 Å². The molecule has 554 valence electrons. The largest absolute Gasteiger partial charge is 0.394 e. The van der Waals surface area contributed by atoms with Gasteiger partial charge in [0.25, 0.3) is 0 Å². The summed E-state index contributed by atoms with van der Waals surface area (Å²) in [6, 6.07) is 0. The zero-order chi connectivity index (χ0) is 69.1. The van der Waals surface area contributed by atoms with E-state index < -0.39 is 235 Å². The molecular weight excluding hydrogens is 1280 g/mol. The molecule has 0 radical (unpaired) electrons. The Morgan fingerprint density at radius 3 is 1.43 bits per heavy atom. The average Bonchev–Trinajstić information content (AvgIpc) is 1.52. The summed E-state index contributed by atoms with van der Waals surface area (Å²) in [7, 11) is 0. The third-order valence-electron chi connectivity index (χ3n) is 24.6. The molecule has 0 aromatic carbocycles. The van der Waals surface area contributed by atoms with Gasteiger partial charge in [0, 0.05) is 12.3 Å². The molecule has 0 amide bonds. The highest BCUT2D eigenvalue weighted by Crippen LogP contribution is 2.71. The highest BCUT2D eigenvalue weighted by Gasteiger charge is 2.70. The predicted molar refractivity (Wildman–Crippen MR) is 314 cm³/mol. The fourth-order valence-corrected chi connectivity index (χ4v) is 19.1. The van der Waals surface area contributed by atoms with E-state index in [1.165, 1.54) is 6.92 Å². The van der Waals surface area contributed by atoms with Gasteiger partial charge in [-0.15, -0.1) is 0 Å². The summed E-state index contributed by atoms with van der Waals surface area (Å²) in [6.45, 7) is 6.29. The number of hydrogen-bond acceptors (Lipinski definition) is 33. The molecule has 8 heterocycles. The van der Waals surface area contributed by atoms with Gasteiger partial charge >= 0.3 is 0 Å². The van der Waals surface area contributed by atoms with Crippen molar-refractivity contribution in [1.82, 2.24) is 0 Å². The van der Waals surface area contributed by atoms with E-state index in [0.717, 1.165) is 32.1 Å². The summed E-state index contributed by atoms with van der Waals surface area (Å²) in [6.07, 6.45) is -51.8. The molecule has 8 aliphatic heterocycles. The van der Waals surface area contributed by atoms with E-state index in [1.54, 1.807) is 0 Å². The Balaban J connectivity index is 0.768. The molecule has 0 aromatic heterocycles. The Morgan fingerprint density at radius 2 is 0.844 bits per heavy atom. The lowest BCUT2D eigenvalue weighted by molar-refractivity contribution is -0.414. The fraction of sp³-hybridized carbons (Fsp3) is 1.00. The molecule has 33 nitrogen and oxygen atoms in total. The van der Waals surface area contributed by atoms with Gasteiger partial charge in [0.2, 0.25) is 0 Å². The second kappa shape index (κ2) is 29.3. The lowest BCUT2D eigenvalue weighted by Gasteiger charge is -2.62. The van der Waals surface area contributed by atoms with E-state index in [0.29, 0.717) is 56.0 Å². The third kappa shape index (κ3) is 13.1. The molecule has 33 heteroatoms. The summed E-state index contributed by atoms with van der Waals surface area (Å²) in [4.78, 5) is 0. The summed E-state index contributed by atoms with van der Waals surface area (Å²) in [5.41, 5.74) is -0.252. The van der Waals surface area contributed by atoms with E-state index in [9.17, 15) is 97.0 Å². The standard InChI is InChI=1S/C63H104O33/c1-21-6-11-63(83-20-21)22(2)36-30(96-63)14-27-25-13-29(69)28-12-24(7-9-61(28,4)26(25)8-10-62(27,36)5)85-56-47(80)43(76)51(35(19-68)89-56)92-60-54(95-59-49(82)52(39(72)32(16-65)87-59)93-57-46(79)42(75)38(71)31(15-64)86-57)53(40(73)33(17-66)88-60)94-58-48(81)44(77)50(34(18-67)90-58)91-55-45(78)41(74)37(70)23(3)84-55/h21-60,64-82H,6-20H2,1-5H3/t21-,22+,23+,24+,25-,26+,27+,28-,29+,30+,31-,32-,33-,34-,35-,36+,37+,38-,39-,40-,41-,42+,43-,44-,45-,46-,47-,48-,49-,50-,51+,52+,53+,54-,55+,56-,57+,58+,59+,60+,61-,62+,63-/m1/s1. The fourth-order valence-electron chi connectivity index (χ4n) is 19.1. The van der Waals surface area contributed by atoms with Gasteiger partial charge in [0.05, 0.1) is 64.1 Å². The van der Waals surface area contributed by atoms with Gasteiger partial charge in [-0.05, 0) is 105 Å². The molecule has 96 heavy (non-hydrogen) atoms. The van der Waals surface area contributed by atoms with Gasteiger partial charge in [-0.2, -0.15) is 0 Å². The summed E-state index contributed by atoms with van der Waals surface area (Å²) >= 11 is 0. The Hall–Kier alpha value is -1.32. The zero-order valence-corrected chi connectivity index (χ0v) is 54.4. The highest BCUT2D eigenvalue weighted by atomic mass is 16.8. The van der Waals surface area contributed by atoms with Gasteiger partial charge in [0.15, 0.2) is 43.5 Å². The summed E-state index contributed by atoms with van der Waals surface area (Å²) in [5.74, 6) is 1.25. The Kier molecular flexibility index (Phi) is 22.7.